The molecule has 1 fully saturated rings. The van der Waals surface area contributed by atoms with Crippen LogP contribution in [0.2, 0.25) is 0 Å². The molecule has 1 saturated heterocycles. The predicted molar refractivity (Wildman–Crippen MR) is 59.1 cm³/mol. The fourth-order valence-electron chi connectivity index (χ4n) is 2.04. The molecule has 0 spiro atoms. The van der Waals surface area contributed by atoms with Crippen LogP contribution in [0.25, 0.3) is 0 Å². The maximum absolute atomic E-state index is 11.8. The largest absolute Gasteiger partial charge is 0.477 e. The summed E-state index contributed by atoms with van der Waals surface area (Å²) in [5.41, 5.74) is 5.61. The highest BCUT2D eigenvalue weighted by molar-refractivity contribution is 5.71. The van der Waals surface area contributed by atoms with E-state index < -0.39 is 0 Å². The Labute approximate surface area is 90.9 Å². The Kier molecular flexibility index (Phi) is 1.65. The number of rotatable bonds is 0. The second-order valence-corrected chi connectivity index (χ2v) is 3.76. The van der Waals surface area contributed by atoms with Gasteiger partial charge in [0, 0.05) is 6.54 Å². The molecule has 3 rings (SSSR count). The Balaban J connectivity index is 2.21. The van der Waals surface area contributed by atoms with Crippen molar-refractivity contribution < 1.29 is 4.74 Å². The summed E-state index contributed by atoms with van der Waals surface area (Å²) in [6, 6.07) is 0.0894. The molecule has 0 aliphatic carbocycles. The van der Waals surface area contributed by atoms with Gasteiger partial charge in [0.15, 0.2) is 17.4 Å². The second-order valence-electron chi connectivity index (χ2n) is 3.76. The van der Waals surface area contributed by atoms with E-state index in [-0.39, 0.29) is 17.5 Å². The summed E-state index contributed by atoms with van der Waals surface area (Å²) >= 11 is 0. The van der Waals surface area contributed by atoms with Gasteiger partial charge in [-0.1, -0.05) is 0 Å². The van der Waals surface area contributed by atoms with Crippen molar-refractivity contribution in [1.82, 2.24) is 9.97 Å². The number of nitrogens with one attached hydrogen (secondary N) is 2. The lowest BCUT2D eigenvalue weighted by molar-refractivity contribution is 0.258. The van der Waals surface area contributed by atoms with Gasteiger partial charge in [-0.2, -0.15) is 4.98 Å². The Morgan fingerprint density at radius 3 is 3.25 bits per heavy atom. The van der Waals surface area contributed by atoms with Gasteiger partial charge in [0.2, 0.25) is 5.95 Å². The first-order valence-corrected chi connectivity index (χ1v) is 4.91. The topological polar surface area (TPSA) is 96.3 Å². The molecule has 2 aliphatic heterocycles. The van der Waals surface area contributed by atoms with Crippen LogP contribution in [0.4, 0.5) is 17.5 Å². The zero-order chi connectivity index (χ0) is 11.3. The van der Waals surface area contributed by atoms with Gasteiger partial charge >= 0.3 is 0 Å². The van der Waals surface area contributed by atoms with E-state index in [9.17, 15) is 4.79 Å². The van der Waals surface area contributed by atoms with E-state index in [4.69, 9.17) is 10.5 Å². The average molecular weight is 221 g/mol. The monoisotopic (exact) mass is 221 g/mol. The van der Waals surface area contributed by atoms with Gasteiger partial charge in [-0.3, -0.25) is 14.7 Å². The molecule has 0 saturated carbocycles. The first-order valence-electron chi connectivity index (χ1n) is 4.91. The highest BCUT2D eigenvalue weighted by Gasteiger charge is 2.37. The lowest BCUT2D eigenvalue weighted by Crippen LogP contribution is -2.43. The van der Waals surface area contributed by atoms with Crippen molar-refractivity contribution in [2.45, 2.75) is 6.04 Å². The number of hydrogen-bond acceptors (Lipinski definition) is 6. The first kappa shape index (κ1) is 9.08. The zero-order valence-corrected chi connectivity index (χ0v) is 8.49. The van der Waals surface area contributed by atoms with Gasteiger partial charge in [-0.25, -0.2) is 0 Å². The van der Waals surface area contributed by atoms with Crippen molar-refractivity contribution in [1.29, 1.82) is 0 Å². The number of aromatic nitrogens is 2. The smallest absolute Gasteiger partial charge is 0.278 e. The highest BCUT2D eigenvalue weighted by atomic mass is 16.5. The number of fused-ring (bicyclic) bond motifs is 3. The maximum atomic E-state index is 11.8. The van der Waals surface area contributed by atoms with Gasteiger partial charge in [0.25, 0.3) is 5.56 Å². The molecule has 1 aromatic heterocycles. The molecular weight excluding hydrogens is 210 g/mol. The average Bonchev–Trinajstić information content (AvgIpc) is 2.60. The zero-order valence-electron chi connectivity index (χ0n) is 8.49. The molecular formula is C9H11N5O2. The molecule has 0 aromatic carbocycles. The van der Waals surface area contributed by atoms with Crippen molar-refractivity contribution in [2.24, 2.45) is 0 Å². The van der Waals surface area contributed by atoms with Crippen LogP contribution >= 0.6 is 0 Å². The number of anilines is 3. The molecule has 1 unspecified atom stereocenters. The summed E-state index contributed by atoms with van der Waals surface area (Å²) in [6.45, 7) is 4.94. The van der Waals surface area contributed by atoms with Gasteiger partial charge < -0.3 is 15.8 Å². The summed E-state index contributed by atoms with van der Waals surface area (Å²) < 4.78 is 5.32. The van der Waals surface area contributed by atoms with Crippen LogP contribution in [0.5, 0.6) is 0 Å². The minimum atomic E-state index is -0.286. The van der Waals surface area contributed by atoms with Gasteiger partial charge in [0.05, 0.1) is 6.04 Å². The molecule has 0 radical (unpaired) electrons. The van der Waals surface area contributed by atoms with Crippen molar-refractivity contribution in [3.05, 3.63) is 22.8 Å². The second kappa shape index (κ2) is 2.91. The quantitative estimate of drug-likeness (QED) is 0.544. The normalized spacial score (nSPS) is 22.1. The first-order chi connectivity index (χ1) is 7.66. The lowest BCUT2D eigenvalue weighted by atomic mass is 10.2. The maximum Gasteiger partial charge on any atom is 0.278 e. The minimum absolute atomic E-state index is 0.0894. The summed E-state index contributed by atoms with van der Waals surface area (Å²) in [7, 11) is 0. The standard InChI is InChI=1S/C9H11N5O2/c1-4-14-5(3-16-4)2-11-7-6(14)8(15)13-9(10)12-7/h5H,1-3H2,(H4,10,11,12,13,15). The summed E-state index contributed by atoms with van der Waals surface area (Å²) in [6.07, 6.45) is 0. The van der Waals surface area contributed by atoms with E-state index in [0.717, 1.165) is 0 Å². The number of nitrogens with zero attached hydrogens (tertiary/aromatic N) is 2. The number of nitrogen functional groups attached to an aromatic ring is 1. The van der Waals surface area contributed by atoms with E-state index in [1.54, 1.807) is 4.90 Å². The Morgan fingerprint density at radius 2 is 2.44 bits per heavy atom. The molecule has 3 heterocycles. The van der Waals surface area contributed by atoms with Crippen LogP contribution in [0, 0.1) is 0 Å². The third-order valence-electron chi connectivity index (χ3n) is 2.74. The molecule has 4 N–H and O–H groups in total. The molecule has 84 valence electrons. The van der Waals surface area contributed by atoms with Crippen LogP contribution in [0.15, 0.2) is 17.3 Å². The van der Waals surface area contributed by atoms with Crippen molar-refractivity contribution in [3.8, 4) is 0 Å². The Morgan fingerprint density at radius 1 is 1.62 bits per heavy atom. The number of ether oxygens (including phenoxy) is 1. The molecule has 1 aromatic rings. The van der Waals surface area contributed by atoms with E-state index in [1.807, 2.05) is 0 Å². The number of nitrogens with two attached hydrogens (primary N) is 1. The van der Waals surface area contributed by atoms with Crippen molar-refractivity contribution in [2.75, 3.05) is 29.1 Å². The van der Waals surface area contributed by atoms with E-state index in [0.29, 0.717) is 30.5 Å². The molecule has 0 bridgehead atoms. The van der Waals surface area contributed by atoms with Crippen LogP contribution in [0.1, 0.15) is 0 Å². The minimum Gasteiger partial charge on any atom is -0.477 e. The molecule has 7 heteroatoms. The highest BCUT2D eigenvalue weighted by Crippen LogP contribution is 2.33. The number of H-pyrrole nitrogens is 1. The predicted octanol–water partition coefficient (Wildman–Crippen LogP) is -0.546. The van der Waals surface area contributed by atoms with Gasteiger partial charge in [-0.05, 0) is 6.58 Å². The third-order valence-corrected chi connectivity index (χ3v) is 2.74. The Hall–Kier alpha value is -2.18. The Bertz CT molecular complexity index is 523. The molecule has 7 nitrogen and oxygen atoms in total. The van der Waals surface area contributed by atoms with Crippen LogP contribution < -0.4 is 21.5 Å². The van der Waals surface area contributed by atoms with E-state index in [2.05, 4.69) is 21.9 Å². The van der Waals surface area contributed by atoms with E-state index in [1.165, 1.54) is 0 Å². The van der Waals surface area contributed by atoms with Gasteiger partial charge in [-0.15, -0.1) is 0 Å². The number of hydrogen-bond donors (Lipinski definition) is 3. The van der Waals surface area contributed by atoms with Gasteiger partial charge in [0.1, 0.15) is 6.61 Å². The summed E-state index contributed by atoms with van der Waals surface area (Å²) in [5.74, 6) is 1.05. The van der Waals surface area contributed by atoms with Crippen LogP contribution in [-0.4, -0.2) is 29.2 Å². The summed E-state index contributed by atoms with van der Waals surface area (Å²) in [5, 5.41) is 3.06. The SMILES string of the molecule is C=C1OCC2CNc3nc(N)[nH]c(=O)c3N12. The molecule has 0 amide bonds. The van der Waals surface area contributed by atoms with Crippen molar-refractivity contribution in [3.63, 3.8) is 0 Å². The van der Waals surface area contributed by atoms with Crippen molar-refractivity contribution >= 4 is 17.5 Å². The van der Waals surface area contributed by atoms with E-state index >= 15 is 0 Å². The summed E-state index contributed by atoms with van der Waals surface area (Å²) in [4.78, 5) is 20.1. The fraction of sp³-hybridized carbons (Fsp3) is 0.333. The molecule has 2 aliphatic rings. The molecule has 1 atom stereocenters. The lowest BCUT2D eigenvalue weighted by Gasteiger charge is -2.30. The van der Waals surface area contributed by atoms with Crippen LogP contribution in [-0.2, 0) is 4.74 Å². The van der Waals surface area contributed by atoms with Crippen LogP contribution in [0.3, 0.4) is 0 Å². The third kappa shape index (κ3) is 1.08. The number of aromatic amines is 1. The molecule has 16 heavy (non-hydrogen) atoms. The fourth-order valence-corrected chi connectivity index (χ4v) is 2.04.